The van der Waals surface area contributed by atoms with Gasteiger partial charge in [-0.05, 0) is 26.8 Å². The molecule has 94 valence electrons. The van der Waals surface area contributed by atoms with E-state index in [4.69, 9.17) is 4.74 Å². The molecular weight excluding hydrogens is 230 g/mol. The summed E-state index contributed by atoms with van der Waals surface area (Å²) in [4.78, 5) is 15.2. The minimum Gasteiger partial charge on any atom is -0.435 e. The third-order valence-corrected chi connectivity index (χ3v) is 2.79. The van der Waals surface area contributed by atoms with Crippen LogP contribution >= 0.6 is 0 Å². The molecule has 2 heterocycles. The molecule has 2 aromatic heterocycles. The topological polar surface area (TPSA) is 57.0 Å². The molecule has 5 nitrogen and oxygen atoms in total. The first-order chi connectivity index (χ1) is 8.49. The van der Waals surface area contributed by atoms with Crippen LogP contribution in [-0.4, -0.2) is 20.5 Å². The van der Waals surface area contributed by atoms with Gasteiger partial charge in [0.1, 0.15) is 5.69 Å². The summed E-state index contributed by atoms with van der Waals surface area (Å²) in [5.41, 5.74) is 2.32. The van der Waals surface area contributed by atoms with Gasteiger partial charge < -0.3 is 4.74 Å². The van der Waals surface area contributed by atoms with Gasteiger partial charge in [-0.2, -0.15) is 5.10 Å². The van der Waals surface area contributed by atoms with Crippen molar-refractivity contribution in [2.45, 2.75) is 20.8 Å². The third-order valence-electron chi connectivity index (χ3n) is 2.79. The van der Waals surface area contributed by atoms with E-state index < -0.39 is 0 Å². The van der Waals surface area contributed by atoms with Crippen molar-refractivity contribution < 1.29 is 9.53 Å². The van der Waals surface area contributed by atoms with Gasteiger partial charge >= 0.3 is 0 Å². The van der Waals surface area contributed by atoms with Crippen LogP contribution < -0.4 is 4.74 Å². The van der Waals surface area contributed by atoms with E-state index in [9.17, 15) is 4.79 Å². The van der Waals surface area contributed by atoms with E-state index in [1.165, 1.54) is 13.1 Å². The van der Waals surface area contributed by atoms with Crippen LogP contribution in [0.25, 0.3) is 0 Å². The van der Waals surface area contributed by atoms with Crippen molar-refractivity contribution in [3.8, 4) is 11.6 Å². The van der Waals surface area contributed by atoms with Gasteiger partial charge in [0, 0.05) is 24.9 Å². The SMILES string of the molecule is CC(=O)c1ccc(Oc2c(C)nn(C)c2C)nc1. The molecule has 2 rings (SSSR count). The van der Waals surface area contributed by atoms with E-state index in [0.717, 1.165) is 11.4 Å². The molecule has 5 heteroatoms. The molecule has 0 saturated heterocycles. The maximum absolute atomic E-state index is 11.1. The number of aryl methyl sites for hydroxylation is 2. The summed E-state index contributed by atoms with van der Waals surface area (Å²) in [7, 11) is 1.86. The second-order valence-corrected chi connectivity index (χ2v) is 4.17. The van der Waals surface area contributed by atoms with E-state index in [0.29, 0.717) is 17.2 Å². The molecule has 0 N–H and O–H groups in total. The molecule has 0 atom stereocenters. The summed E-state index contributed by atoms with van der Waals surface area (Å²) >= 11 is 0. The fourth-order valence-electron chi connectivity index (χ4n) is 1.66. The number of ketones is 1. The molecule has 2 aromatic rings. The Morgan fingerprint density at radius 3 is 2.50 bits per heavy atom. The largest absolute Gasteiger partial charge is 0.435 e. The van der Waals surface area contributed by atoms with Crippen molar-refractivity contribution in [3.05, 3.63) is 35.3 Å². The summed E-state index contributed by atoms with van der Waals surface area (Å²) in [6, 6.07) is 3.38. The van der Waals surface area contributed by atoms with Crippen molar-refractivity contribution in [3.63, 3.8) is 0 Å². The second-order valence-electron chi connectivity index (χ2n) is 4.17. The Morgan fingerprint density at radius 2 is 2.06 bits per heavy atom. The van der Waals surface area contributed by atoms with Crippen LogP contribution in [0.5, 0.6) is 11.6 Å². The zero-order valence-electron chi connectivity index (χ0n) is 10.9. The van der Waals surface area contributed by atoms with Crippen LogP contribution in [0.1, 0.15) is 28.7 Å². The zero-order chi connectivity index (χ0) is 13.3. The van der Waals surface area contributed by atoms with Crippen molar-refractivity contribution in [2.75, 3.05) is 0 Å². The molecule has 0 bridgehead atoms. The van der Waals surface area contributed by atoms with Crippen molar-refractivity contribution in [2.24, 2.45) is 7.05 Å². The molecule has 0 spiro atoms. The van der Waals surface area contributed by atoms with E-state index in [1.807, 2.05) is 20.9 Å². The summed E-state index contributed by atoms with van der Waals surface area (Å²) in [6.45, 7) is 5.32. The molecule has 0 aliphatic rings. The number of carbonyl (C=O) groups excluding carboxylic acids is 1. The molecule has 0 aliphatic heterocycles. The van der Waals surface area contributed by atoms with Gasteiger partial charge in [-0.25, -0.2) is 4.98 Å². The third kappa shape index (κ3) is 2.25. The Kier molecular flexibility index (Phi) is 3.14. The maximum Gasteiger partial charge on any atom is 0.219 e. The first kappa shape index (κ1) is 12.3. The number of carbonyl (C=O) groups is 1. The summed E-state index contributed by atoms with van der Waals surface area (Å²) in [5.74, 6) is 1.16. The predicted molar refractivity (Wildman–Crippen MR) is 67.0 cm³/mol. The fraction of sp³-hybridized carbons (Fsp3) is 0.308. The maximum atomic E-state index is 11.1. The lowest BCUT2D eigenvalue weighted by Gasteiger charge is -2.05. The Balaban J connectivity index is 2.26. The molecule has 0 aliphatic carbocycles. The van der Waals surface area contributed by atoms with Gasteiger partial charge in [-0.15, -0.1) is 0 Å². The molecule has 18 heavy (non-hydrogen) atoms. The Hall–Kier alpha value is -2.17. The number of hydrogen-bond acceptors (Lipinski definition) is 4. The quantitative estimate of drug-likeness (QED) is 0.779. The summed E-state index contributed by atoms with van der Waals surface area (Å²) in [5, 5.41) is 4.26. The fourth-order valence-corrected chi connectivity index (χ4v) is 1.66. The van der Waals surface area contributed by atoms with Crippen LogP contribution in [0.4, 0.5) is 0 Å². The second kappa shape index (κ2) is 4.60. The Bertz CT molecular complexity index is 585. The van der Waals surface area contributed by atoms with E-state index >= 15 is 0 Å². The molecule has 0 aromatic carbocycles. The number of nitrogens with zero attached hydrogens (tertiary/aromatic N) is 3. The van der Waals surface area contributed by atoms with Crippen LogP contribution in [-0.2, 0) is 7.05 Å². The minimum absolute atomic E-state index is 0.0113. The van der Waals surface area contributed by atoms with Gasteiger partial charge in [0.05, 0.1) is 5.69 Å². The lowest BCUT2D eigenvalue weighted by atomic mass is 10.2. The van der Waals surface area contributed by atoms with E-state index in [-0.39, 0.29) is 5.78 Å². The molecule has 0 radical (unpaired) electrons. The highest BCUT2D eigenvalue weighted by Crippen LogP contribution is 2.26. The van der Waals surface area contributed by atoms with Gasteiger partial charge in [0.2, 0.25) is 5.88 Å². The number of pyridine rings is 1. The summed E-state index contributed by atoms with van der Waals surface area (Å²) in [6.07, 6.45) is 1.51. The number of hydrogen-bond donors (Lipinski definition) is 0. The van der Waals surface area contributed by atoms with Gasteiger partial charge in [0.25, 0.3) is 0 Å². The number of ether oxygens (including phenoxy) is 1. The highest BCUT2D eigenvalue weighted by Gasteiger charge is 2.12. The van der Waals surface area contributed by atoms with Crippen LogP contribution in [0.2, 0.25) is 0 Å². The molecule has 0 unspecified atom stereocenters. The van der Waals surface area contributed by atoms with Gasteiger partial charge in [-0.1, -0.05) is 0 Å². The number of Topliss-reactive ketones (excluding diaryl/α,β-unsaturated/α-hetero) is 1. The lowest BCUT2D eigenvalue weighted by molar-refractivity contribution is 0.101. The van der Waals surface area contributed by atoms with Crippen molar-refractivity contribution >= 4 is 5.78 Å². The van der Waals surface area contributed by atoms with E-state index in [1.54, 1.807) is 16.8 Å². The highest BCUT2D eigenvalue weighted by molar-refractivity contribution is 5.93. The first-order valence-electron chi connectivity index (χ1n) is 5.64. The Morgan fingerprint density at radius 1 is 1.33 bits per heavy atom. The van der Waals surface area contributed by atoms with Crippen molar-refractivity contribution in [1.29, 1.82) is 0 Å². The standard InChI is InChI=1S/C13H15N3O2/c1-8-13(9(2)16(4)15-8)18-12-6-5-11(7-14-12)10(3)17/h5-7H,1-4H3. The smallest absolute Gasteiger partial charge is 0.219 e. The highest BCUT2D eigenvalue weighted by atomic mass is 16.5. The predicted octanol–water partition coefficient (Wildman–Crippen LogP) is 2.43. The first-order valence-corrected chi connectivity index (χ1v) is 5.64. The molecule has 0 amide bonds. The van der Waals surface area contributed by atoms with Crippen LogP contribution in [0.15, 0.2) is 18.3 Å². The molecule has 0 saturated carbocycles. The monoisotopic (exact) mass is 245 g/mol. The van der Waals surface area contributed by atoms with Crippen LogP contribution in [0.3, 0.4) is 0 Å². The average Bonchev–Trinajstić information content (AvgIpc) is 2.57. The van der Waals surface area contributed by atoms with Gasteiger partial charge in [-0.3, -0.25) is 9.48 Å². The number of rotatable bonds is 3. The van der Waals surface area contributed by atoms with Crippen molar-refractivity contribution in [1.82, 2.24) is 14.8 Å². The molecule has 0 fully saturated rings. The van der Waals surface area contributed by atoms with Gasteiger partial charge in [0.15, 0.2) is 11.5 Å². The minimum atomic E-state index is -0.0113. The average molecular weight is 245 g/mol. The Labute approximate surface area is 105 Å². The zero-order valence-corrected chi connectivity index (χ0v) is 10.9. The molecular formula is C13H15N3O2. The van der Waals surface area contributed by atoms with Crippen LogP contribution in [0, 0.1) is 13.8 Å². The summed E-state index contributed by atoms with van der Waals surface area (Å²) < 4.78 is 7.45. The lowest BCUT2D eigenvalue weighted by Crippen LogP contribution is -1.96. The van der Waals surface area contributed by atoms with E-state index in [2.05, 4.69) is 10.1 Å². The number of aromatic nitrogens is 3. The normalized spacial score (nSPS) is 10.4.